The lowest BCUT2D eigenvalue weighted by molar-refractivity contribution is 0.290. The third kappa shape index (κ3) is 3.55. The lowest BCUT2D eigenvalue weighted by Crippen LogP contribution is -2.10. The lowest BCUT2D eigenvalue weighted by atomic mass is 10.1. The zero-order chi connectivity index (χ0) is 19.7. The molecule has 0 aliphatic carbocycles. The fraction of sp³-hybridized carbons (Fsp3) is 0.278. The van der Waals surface area contributed by atoms with Gasteiger partial charge in [0.2, 0.25) is 11.8 Å². The van der Waals surface area contributed by atoms with Gasteiger partial charge in [0.15, 0.2) is 9.84 Å². The molecule has 1 aliphatic heterocycles. The Bertz CT molecular complexity index is 1130. The van der Waals surface area contributed by atoms with Gasteiger partial charge in [-0.15, -0.1) is 0 Å². The quantitative estimate of drug-likeness (QED) is 0.626. The molecule has 8 nitrogen and oxygen atoms in total. The first-order chi connectivity index (χ1) is 13.5. The molecule has 0 fully saturated rings. The highest BCUT2D eigenvalue weighted by Gasteiger charge is 2.24. The molecule has 146 valence electrons. The van der Waals surface area contributed by atoms with Gasteiger partial charge in [-0.3, -0.25) is 4.68 Å². The second kappa shape index (κ2) is 7.40. The SMILES string of the molecule is CCOc1ncc(Cl)cc1S(=O)(=O)Cc1cnc2c(c1)-c1ccnn1CCO2. The first-order valence-electron chi connectivity index (χ1n) is 8.63. The Hall–Kier alpha value is -2.65. The number of pyridine rings is 2. The number of nitrogens with zero attached hydrogens (tertiary/aromatic N) is 4. The molecule has 28 heavy (non-hydrogen) atoms. The van der Waals surface area contributed by atoms with E-state index < -0.39 is 9.84 Å². The van der Waals surface area contributed by atoms with Crippen molar-refractivity contribution in [3.63, 3.8) is 0 Å². The smallest absolute Gasteiger partial charge is 0.232 e. The van der Waals surface area contributed by atoms with Crippen LogP contribution >= 0.6 is 11.6 Å². The molecule has 3 aromatic heterocycles. The standard InChI is InChI=1S/C18H17ClN4O4S/c1-2-26-18-16(8-13(19)10-21-18)28(24,25)11-12-7-14-15-3-4-22-23(15)5-6-27-17(14)20-9-12/h3-4,7-10H,2,5-6,11H2,1H3. The predicted molar refractivity (Wildman–Crippen MR) is 102 cm³/mol. The summed E-state index contributed by atoms with van der Waals surface area (Å²) in [5.74, 6) is 0.222. The minimum atomic E-state index is -3.76. The Kier molecular flexibility index (Phi) is 4.94. The van der Waals surface area contributed by atoms with Gasteiger partial charge in [-0.2, -0.15) is 5.10 Å². The van der Waals surface area contributed by atoms with Gasteiger partial charge in [-0.25, -0.2) is 18.4 Å². The Morgan fingerprint density at radius 2 is 2.14 bits per heavy atom. The number of hydrogen-bond acceptors (Lipinski definition) is 7. The van der Waals surface area contributed by atoms with Crippen molar-refractivity contribution in [3.05, 3.63) is 47.4 Å². The zero-order valence-corrected chi connectivity index (χ0v) is 16.6. The third-order valence-electron chi connectivity index (χ3n) is 4.20. The number of ether oxygens (including phenoxy) is 2. The molecule has 1 aliphatic rings. The van der Waals surface area contributed by atoms with Crippen molar-refractivity contribution >= 4 is 21.4 Å². The van der Waals surface area contributed by atoms with E-state index in [0.29, 0.717) is 36.8 Å². The van der Waals surface area contributed by atoms with Crippen LogP contribution in [0.3, 0.4) is 0 Å². The van der Waals surface area contributed by atoms with Gasteiger partial charge < -0.3 is 9.47 Å². The minimum absolute atomic E-state index is 0.0380. The van der Waals surface area contributed by atoms with Crippen LogP contribution in [0.5, 0.6) is 11.8 Å². The van der Waals surface area contributed by atoms with Crippen LogP contribution in [0.2, 0.25) is 5.02 Å². The summed E-state index contributed by atoms with van der Waals surface area (Å²) in [5.41, 5.74) is 2.05. The van der Waals surface area contributed by atoms with Crippen LogP contribution < -0.4 is 9.47 Å². The molecule has 4 rings (SSSR count). The highest BCUT2D eigenvalue weighted by atomic mass is 35.5. The van der Waals surface area contributed by atoms with Gasteiger partial charge in [0.05, 0.1) is 35.2 Å². The fourth-order valence-corrected chi connectivity index (χ4v) is 4.67. The number of hydrogen-bond donors (Lipinski definition) is 0. The summed E-state index contributed by atoms with van der Waals surface area (Å²) in [5, 5.41) is 4.48. The largest absolute Gasteiger partial charge is 0.477 e. The van der Waals surface area contributed by atoms with Gasteiger partial charge in [0.25, 0.3) is 0 Å². The van der Waals surface area contributed by atoms with Crippen LogP contribution in [0.4, 0.5) is 0 Å². The molecule has 3 aromatic rings. The van der Waals surface area contributed by atoms with Crippen molar-refractivity contribution in [2.45, 2.75) is 24.1 Å². The molecule has 10 heteroatoms. The first-order valence-corrected chi connectivity index (χ1v) is 10.7. The van der Waals surface area contributed by atoms with E-state index in [1.165, 1.54) is 18.5 Å². The highest BCUT2D eigenvalue weighted by Crippen LogP contribution is 2.33. The van der Waals surface area contributed by atoms with E-state index in [1.54, 1.807) is 23.9 Å². The van der Waals surface area contributed by atoms with Crippen LogP contribution in [-0.2, 0) is 22.1 Å². The first kappa shape index (κ1) is 18.7. The molecule has 0 bridgehead atoms. The predicted octanol–water partition coefficient (Wildman–Crippen LogP) is 2.76. The molecule has 0 unspecified atom stereocenters. The Morgan fingerprint density at radius 1 is 1.29 bits per heavy atom. The molecule has 0 spiro atoms. The van der Waals surface area contributed by atoms with Gasteiger partial charge in [0.1, 0.15) is 11.5 Å². The van der Waals surface area contributed by atoms with E-state index in [0.717, 1.165) is 5.69 Å². The van der Waals surface area contributed by atoms with Gasteiger partial charge in [-0.05, 0) is 30.7 Å². The summed E-state index contributed by atoms with van der Waals surface area (Å²) >= 11 is 5.96. The second-order valence-electron chi connectivity index (χ2n) is 6.13. The van der Waals surface area contributed by atoms with E-state index in [-0.39, 0.29) is 21.6 Å². The number of aromatic nitrogens is 4. The lowest BCUT2D eigenvalue weighted by Gasteiger charge is -2.11. The van der Waals surface area contributed by atoms with E-state index in [2.05, 4.69) is 15.1 Å². The molecule has 0 N–H and O–H groups in total. The number of fused-ring (bicyclic) bond motifs is 3. The maximum Gasteiger partial charge on any atom is 0.232 e. The zero-order valence-electron chi connectivity index (χ0n) is 15.0. The van der Waals surface area contributed by atoms with Crippen molar-refractivity contribution in [2.24, 2.45) is 0 Å². The summed E-state index contributed by atoms with van der Waals surface area (Å²) in [6, 6.07) is 4.96. The van der Waals surface area contributed by atoms with Crippen molar-refractivity contribution in [1.29, 1.82) is 0 Å². The summed E-state index contributed by atoms with van der Waals surface area (Å²) < 4.78 is 38.9. The normalized spacial score (nSPS) is 13.2. The highest BCUT2D eigenvalue weighted by molar-refractivity contribution is 7.90. The number of halogens is 1. The van der Waals surface area contributed by atoms with Crippen molar-refractivity contribution in [1.82, 2.24) is 19.7 Å². The van der Waals surface area contributed by atoms with Gasteiger partial charge >= 0.3 is 0 Å². The molecule has 0 radical (unpaired) electrons. The van der Waals surface area contributed by atoms with Gasteiger partial charge in [-0.1, -0.05) is 11.6 Å². The molecular weight excluding hydrogens is 404 g/mol. The molecule has 0 amide bonds. The average Bonchev–Trinajstić information content (AvgIpc) is 3.06. The van der Waals surface area contributed by atoms with E-state index in [4.69, 9.17) is 21.1 Å². The van der Waals surface area contributed by atoms with Crippen LogP contribution in [0.25, 0.3) is 11.3 Å². The van der Waals surface area contributed by atoms with Crippen molar-refractivity contribution < 1.29 is 17.9 Å². The third-order valence-corrected chi connectivity index (χ3v) is 6.08. The summed E-state index contributed by atoms with van der Waals surface area (Å²) in [4.78, 5) is 8.27. The number of rotatable bonds is 5. The summed E-state index contributed by atoms with van der Waals surface area (Å²) in [7, 11) is -3.76. The topological polar surface area (TPSA) is 96.2 Å². The Labute approximate surface area is 167 Å². The van der Waals surface area contributed by atoms with E-state index >= 15 is 0 Å². The molecule has 0 saturated carbocycles. The molecule has 4 heterocycles. The fourth-order valence-electron chi connectivity index (χ4n) is 3.01. The average molecular weight is 421 g/mol. The van der Waals surface area contributed by atoms with Crippen LogP contribution in [0, 0.1) is 0 Å². The molecule has 0 atom stereocenters. The van der Waals surface area contributed by atoms with Gasteiger partial charge in [0, 0.05) is 18.6 Å². The maximum absolute atomic E-state index is 13.0. The second-order valence-corrected chi connectivity index (χ2v) is 8.53. The van der Waals surface area contributed by atoms with Crippen LogP contribution in [0.15, 0.2) is 41.7 Å². The van der Waals surface area contributed by atoms with Crippen molar-refractivity contribution in [3.8, 4) is 23.0 Å². The van der Waals surface area contributed by atoms with E-state index in [9.17, 15) is 8.42 Å². The minimum Gasteiger partial charge on any atom is -0.477 e. The molecule has 0 aromatic carbocycles. The summed E-state index contributed by atoms with van der Waals surface area (Å²) in [6.45, 7) is 3.08. The monoisotopic (exact) mass is 420 g/mol. The Balaban J connectivity index is 1.72. The summed E-state index contributed by atoms with van der Waals surface area (Å²) in [6.07, 6.45) is 4.55. The molecular formula is C18H17ClN4O4S. The van der Waals surface area contributed by atoms with Crippen LogP contribution in [0.1, 0.15) is 12.5 Å². The van der Waals surface area contributed by atoms with E-state index in [1.807, 2.05) is 6.07 Å². The molecule has 0 saturated heterocycles. The Morgan fingerprint density at radius 3 is 2.96 bits per heavy atom. The van der Waals surface area contributed by atoms with Crippen LogP contribution in [-0.4, -0.2) is 41.4 Å². The number of sulfone groups is 1. The van der Waals surface area contributed by atoms with Crippen molar-refractivity contribution in [2.75, 3.05) is 13.2 Å². The maximum atomic E-state index is 13.0.